The number of nitrogens with two attached hydrogens (primary N) is 2. The van der Waals surface area contributed by atoms with Crippen LogP contribution in [0.3, 0.4) is 0 Å². The van der Waals surface area contributed by atoms with E-state index in [0.29, 0.717) is 5.56 Å². The summed E-state index contributed by atoms with van der Waals surface area (Å²) >= 11 is 0. The molecule has 1 aliphatic rings. The van der Waals surface area contributed by atoms with Crippen molar-refractivity contribution in [1.82, 2.24) is 5.32 Å². The minimum Gasteiger partial charge on any atom is -0.383 e. The maximum Gasteiger partial charge on any atom is 0.421 e. The van der Waals surface area contributed by atoms with Crippen molar-refractivity contribution < 1.29 is 13.2 Å². The van der Waals surface area contributed by atoms with Crippen LogP contribution in [-0.2, 0) is 5.79 Å². The van der Waals surface area contributed by atoms with E-state index in [0.717, 1.165) is 17.3 Å². The van der Waals surface area contributed by atoms with Crippen molar-refractivity contribution in [2.75, 3.05) is 0 Å². The number of hydrogen-bond donors (Lipinski definition) is 3. The minimum atomic E-state index is -4.56. The molecule has 1 unspecified atom stereocenters. The Hall–Kier alpha value is -2.02. The lowest BCUT2D eigenvalue weighted by Gasteiger charge is -2.31. The van der Waals surface area contributed by atoms with Gasteiger partial charge in [0.05, 0.1) is 0 Å². The van der Waals surface area contributed by atoms with Crippen molar-refractivity contribution >= 4 is 5.84 Å². The zero-order valence-corrected chi connectivity index (χ0v) is 11.0. The molecule has 2 rings (SSSR count). The average molecular weight is 284 g/mol. The van der Waals surface area contributed by atoms with Crippen LogP contribution < -0.4 is 16.8 Å². The summed E-state index contributed by atoms with van der Waals surface area (Å²) in [5.41, 5.74) is 12.9. The van der Waals surface area contributed by atoms with Gasteiger partial charge in [0.1, 0.15) is 11.4 Å². The van der Waals surface area contributed by atoms with E-state index in [1.165, 1.54) is 0 Å². The second-order valence-corrected chi connectivity index (χ2v) is 4.76. The molecule has 0 radical (unpaired) electrons. The largest absolute Gasteiger partial charge is 0.421 e. The predicted molar refractivity (Wildman–Crippen MR) is 70.7 cm³/mol. The van der Waals surface area contributed by atoms with Crippen molar-refractivity contribution in [3.63, 3.8) is 0 Å². The van der Waals surface area contributed by atoms with E-state index in [4.69, 9.17) is 11.5 Å². The molecule has 0 saturated heterocycles. The van der Waals surface area contributed by atoms with Gasteiger partial charge in [0.15, 0.2) is 0 Å². The van der Waals surface area contributed by atoms with Crippen molar-refractivity contribution in [2.45, 2.75) is 25.8 Å². The minimum absolute atomic E-state index is 0.543. The number of hydrogen-bond acceptors (Lipinski definition) is 4. The van der Waals surface area contributed by atoms with Gasteiger partial charge in [0.25, 0.3) is 0 Å². The van der Waals surface area contributed by atoms with E-state index in [9.17, 15) is 13.2 Å². The number of nitrogens with zero attached hydrogens (tertiary/aromatic N) is 1. The number of alkyl halides is 3. The Morgan fingerprint density at radius 3 is 2.35 bits per heavy atom. The van der Waals surface area contributed by atoms with E-state index in [1.807, 2.05) is 19.9 Å². The highest BCUT2D eigenvalue weighted by Crippen LogP contribution is 2.30. The van der Waals surface area contributed by atoms with E-state index in [-0.39, 0.29) is 0 Å². The topological polar surface area (TPSA) is 76.4 Å². The number of amidine groups is 1. The molecular weight excluding hydrogens is 269 g/mol. The Bertz CT molecular complexity index is 604. The van der Waals surface area contributed by atoms with Gasteiger partial charge in [-0.3, -0.25) is 5.73 Å². The highest BCUT2D eigenvalue weighted by Gasteiger charge is 2.41. The molecule has 1 aromatic carbocycles. The average Bonchev–Trinajstić information content (AvgIpc) is 2.30. The normalized spacial score (nSPS) is 22.9. The molecule has 20 heavy (non-hydrogen) atoms. The molecule has 0 amide bonds. The quantitative estimate of drug-likeness (QED) is 0.735. The summed E-state index contributed by atoms with van der Waals surface area (Å²) in [7, 11) is 0. The molecule has 0 aromatic heterocycles. The van der Waals surface area contributed by atoms with Gasteiger partial charge in [-0.1, -0.05) is 18.2 Å². The maximum absolute atomic E-state index is 12.7. The summed E-state index contributed by atoms with van der Waals surface area (Å²) in [6.07, 6.45) is -3.80. The Morgan fingerprint density at radius 1 is 1.20 bits per heavy atom. The summed E-state index contributed by atoms with van der Waals surface area (Å²) < 4.78 is 38.0. The van der Waals surface area contributed by atoms with Gasteiger partial charge in [-0.2, -0.15) is 13.2 Å². The van der Waals surface area contributed by atoms with Crippen LogP contribution >= 0.6 is 0 Å². The molecule has 1 aliphatic heterocycles. The Morgan fingerprint density at radius 2 is 1.85 bits per heavy atom. The van der Waals surface area contributed by atoms with Gasteiger partial charge in [-0.25, -0.2) is 4.99 Å². The molecule has 0 saturated carbocycles. The third-order valence-corrected chi connectivity index (χ3v) is 3.26. The van der Waals surface area contributed by atoms with E-state index in [2.05, 4.69) is 10.3 Å². The van der Waals surface area contributed by atoms with Gasteiger partial charge in [0, 0.05) is 11.8 Å². The third kappa shape index (κ3) is 2.49. The molecule has 7 heteroatoms. The molecule has 1 aromatic rings. The molecule has 4 nitrogen and oxygen atoms in total. The Kier molecular flexibility index (Phi) is 3.25. The fraction of sp³-hybridized carbons (Fsp3) is 0.308. The summed E-state index contributed by atoms with van der Waals surface area (Å²) in [5, 5.41) is 2.47. The van der Waals surface area contributed by atoms with Crippen LogP contribution in [-0.4, -0.2) is 12.0 Å². The van der Waals surface area contributed by atoms with Gasteiger partial charge in [0.2, 0.25) is 5.79 Å². The van der Waals surface area contributed by atoms with Crippen molar-refractivity contribution in [2.24, 2.45) is 16.5 Å². The van der Waals surface area contributed by atoms with Gasteiger partial charge >= 0.3 is 6.18 Å². The SMILES string of the molecule is Cc1ccc(C2(N)N=C(N)C(C(F)(F)F)=CN2)cc1C. The first-order valence-electron chi connectivity index (χ1n) is 5.91. The zero-order chi connectivity index (χ0) is 15.1. The van der Waals surface area contributed by atoms with Crippen molar-refractivity contribution in [3.05, 3.63) is 46.7 Å². The lowest BCUT2D eigenvalue weighted by atomic mass is 10.0. The Labute approximate surface area is 114 Å². The van der Waals surface area contributed by atoms with E-state index >= 15 is 0 Å². The highest BCUT2D eigenvalue weighted by molar-refractivity contribution is 5.99. The molecule has 0 fully saturated rings. The van der Waals surface area contributed by atoms with E-state index in [1.54, 1.807) is 12.1 Å². The number of aliphatic imine (C=N–C) groups is 1. The summed E-state index contributed by atoms with van der Waals surface area (Å²) in [4.78, 5) is 3.78. The van der Waals surface area contributed by atoms with Crippen LogP contribution in [0.4, 0.5) is 13.2 Å². The smallest absolute Gasteiger partial charge is 0.383 e. The Balaban J connectivity index is 2.40. The molecule has 5 N–H and O–H groups in total. The van der Waals surface area contributed by atoms with Gasteiger partial charge in [-0.05, 0) is 25.0 Å². The second-order valence-electron chi connectivity index (χ2n) is 4.76. The molecule has 0 spiro atoms. The standard InChI is InChI=1S/C13H15F3N4/c1-7-3-4-9(5-8(7)2)13(18)19-6-10(11(17)20-13)12(14,15)16/h3-6,19H,18H2,1-2H3,(H2,17,20). The van der Waals surface area contributed by atoms with Gasteiger partial charge in [-0.15, -0.1) is 0 Å². The molecule has 108 valence electrons. The van der Waals surface area contributed by atoms with Crippen LogP contribution in [0, 0.1) is 13.8 Å². The highest BCUT2D eigenvalue weighted by atomic mass is 19.4. The summed E-state index contributed by atoms with van der Waals surface area (Å²) in [5.74, 6) is -2.12. The molecule has 1 atom stereocenters. The van der Waals surface area contributed by atoms with Gasteiger partial charge < -0.3 is 11.1 Å². The van der Waals surface area contributed by atoms with Crippen molar-refractivity contribution in [3.8, 4) is 0 Å². The molecule has 0 bridgehead atoms. The number of rotatable bonds is 1. The summed E-state index contributed by atoms with van der Waals surface area (Å²) in [6.45, 7) is 3.81. The van der Waals surface area contributed by atoms with E-state index < -0.39 is 23.4 Å². The first kappa shape index (κ1) is 14.4. The van der Waals surface area contributed by atoms with Crippen LogP contribution in [0.5, 0.6) is 0 Å². The lowest BCUT2D eigenvalue weighted by molar-refractivity contribution is -0.0870. The number of halogens is 3. The maximum atomic E-state index is 12.7. The van der Waals surface area contributed by atoms with Crippen LogP contribution in [0.25, 0.3) is 0 Å². The fourth-order valence-corrected chi connectivity index (χ4v) is 1.89. The van der Waals surface area contributed by atoms with Crippen LogP contribution in [0.1, 0.15) is 16.7 Å². The van der Waals surface area contributed by atoms with Crippen LogP contribution in [0.2, 0.25) is 0 Å². The fourth-order valence-electron chi connectivity index (χ4n) is 1.89. The zero-order valence-electron chi connectivity index (χ0n) is 11.0. The summed E-state index contributed by atoms with van der Waals surface area (Å²) in [6, 6.07) is 5.31. The lowest BCUT2D eigenvalue weighted by Crippen LogP contribution is -2.51. The number of nitrogens with one attached hydrogen (secondary N) is 1. The first-order valence-corrected chi connectivity index (χ1v) is 5.91. The third-order valence-electron chi connectivity index (χ3n) is 3.26. The second kappa shape index (κ2) is 4.52. The van der Waals surface area contributed by atoms with Crippen molar-refractivity contribution in [1.29, 1.82) is 0 Å². The first-order chi connectivity index (χ1) is 9.13. The molecule has 0 aliphatic carbocycles. The monoisotopic (exact) mass is 284 g/mol. The molecule has 1 heterocycles. The predicted octanol–water partition coefficient (Wildman–Crippen LogP) is 1.78. The number of benzene rings is 1. The van der Waals surface area contributed by atoms with Crippen LogP contribution in [0.15, 0.2) is 35.0 Å². The molecular formula is C13H15F3N4. The number of aryl methyl sites for hydroxylation is 2.